The summed E-state index contributed by atoms with van der Waals surface area (Å²) in [4.78, 5) is 17.5. The van der Waals surface area contributed by atoms with Crippen LogP contribution in [-0.2, 0) is 18.2 Å². The Labute approximate surface area is 176 Å². The van der Waals surface area contributed by atoms with E-state index in [1.165, 1.54) is 7.11 Å². The summed E-state index contributed by atoms with van der Waals surface area (Å²) in [5, 5.41) is 14.1. The van der Waals surface area contributed by atoms with Crippen LogP contribution in [0.2, 0.25) is 0 Å². The Balaban J connectivity index is 1.91. The Bertz CT molecular complexity index is 998. The number of nitrogens with one attached hydrogen (secondary N) is 1. The standard InChI is InChI=1S/C23H29N3O4/c1-5-19(21(27)14-29-3)25-23(28)20-13-16(18-10-11-26(2)22(18)24-20)12-15-6-8-17(30-4)9-7-15/h6-11,13,19,21,27H,5,12,14H2,1-4H3,(H,25,28). The number of fused-ring (bicyclic) bond motifs is 1. The minimum atomic E-state index is -0.776. The molecule has 2 N–H and O–H groups in total. The number of aryl methyl sites for hydroxylation is 1. The molecule has 0 fully saturated rings. The van der Waals surface area contributed by atoms with Crippen LogP contribution in [0.1, 0.15) is 35.0 Å². The lowest BCUT2D eigenvalue weighted by atomic mass is 10.0. The molecule has 0 radical (unpaired) electrons. The van der Waals surface area contributed by atoms with Gasteiger partial charge in [0.2, 0.25) is 0 Å². The zero-order valence-corrected chi connectivity index (χ0v) is 17.9. The highest BCUT2D eigenvalue weighted by molar-refractivity contribution is 5.95. The average molecular weight is 412 g/mol. The highest BCUT2D eigenvalue weighted by Crippen LogP contribution is 2.23. The number of benzene rings is 1. The van der Waals surface area contributed by atoms with Crippen LogP contribution >= 0.6 is 0 Å². The summed E-state index contributed by atoms with van der Waals surface area (Å²) in [7, 11) is 5.07. The van der Waals surface area contributed by atoms with Crippen LogP contribution < -0.4 is 10.1 Å². The largest absolute Gasteiger partial charge is 0.497 e. The molecule has 0 saturated heterocycles. The molecule has 3 aromatic rings. The molecule has 0 aliphatic heterocycles. The van der Waals surface area contributed by atoms with Crippen molar-refractivity contribution in [3.8, 4) is 5.75 Å². The van der Waals surface area contributed by atoms with E-state index in [1.54, 1.807) is 7.11 Å². The molecule has 0 saturated carbocycles. The zero-order valence-electron chi connectivity index (χ0n) is 17.9. The maximum absolute atomic E-state index is 12.9. The topological polar surface area (TPSA) is 85.6 Å². The van der Waals surface area contributed by atoms with Gasteiger partial charge in [-0.15, -0.1) is 0 Å². The molecule has 2 unspecified atom stereocenters. The number of pyridine rings is 1. The van der Waals surface area contributed by atoms with Crippen molar-refractivity contribution in [2.45, 2.75) is 31.9 Å². The van der Waals surface area contributed by atoms with Crippen molar-refractivity contribution in [3.63, 3.8) is 0 Å². The molecule has 2 atom stereocenters. The molecule has 1 amide bonds. The molecule has 1 aromatic carbocycles. The number of carbonyl (C=O) groups excluding carboxylic acids is 1. The molecule has 30 heavy (non-hydrogen) atoms. The van der Waals surface area contributed by atoms with Crippen LogP contribution in [0.3, 0.4) is 0 Å². The van der Waals surface area contributed by atoms with Crippen LogP contribution in [-0.4, -0.2) is 53.5 Å². The Hall–Kier alpha value is -2.90. The molecule has 2 aromatic heterocycles. The van der Waals surface area contributed by atoms with Gasteiger partial charge < -0.3 is 24.5 Å². The first-order valence-electron chi connectivity index (χ1n) is 10.0. The molecule has 0 aliphatic carbocycles. The predicted molar refractivity (Wildman–Crippen MR) is 116 cm³/mol. The third-order valence-electron chi connectivity index (χ3n) is 5.27. The quantitative estimate of drug-likeness (QED) is 0.565. The fraction of sp³-hybridized carbons (Fsp3) is 0.391. The summed E-state index contributed by atoms with van der Waals surface area (Å²) < 4.78 is 12.1. The Morgan fingerprint density at radius 3 is 2.60 bits per heavy atom. The average Bonchev–Trinajstić information content (AvgIpc) is 3.13. The van der Waals surface area contributed by atoms with Gasteiger partial charge in [0.15, 0.2) is 0 Å². The number of hydrogen-bond donors (Lipinski definition) is 2. The van der Waals surface area contributed by atoms with Gasteiger partial charge in [-0.25, -0.2) is 4.98 Å². The maximum atomic E-state index is 12.9. The van der Waals surface area contributed by atoms with Gasteiger partial charge in [0, 0.05) is 25.7 Å². The molecule has 0 bridgehead atoms. The number of hydrogen-bond acceptors (Lipinski definition) is 5. The van der Waals surface area contributed by atoms with E-state index in [0.29, 0.717) is 18.5 Å². The molecule has 0 spiro atoms. The number of methoxy groups -OCH3 is 2. The van der Waals surface area contributed by atoms with Crippen molar-refractivity contribution in [2.75, 3.05) is 20.8 Å². The Kier molecular flexibility index (Phi) is 7.07. The van der Waals surface area contributed by atoms with E-state index in [1.807, 2.05) is 61.1 Å². The number of nitrogens with zero attached hydrogens (tertiary/aromatic N) is 2. The molecule has 7 nitrogen and oxygen atoms in total. The van der Waals surface area contributed by atoms with Crippen LogP contribution in [0.4, 0.5) is 0 Å². The van der Waals surface area contributed by atoms with Crippen LogP contribution in [0.5, 0.6) is 5.75 Å². The van der Waals surface area contributed by atoms with E-state index in [9.17, 15) is 9.90 Å². The number of aliphatic hydroxyl groups excluding tert-OH is 1. The highest BCUT2D eigenvalue weighted by atomic mass is 16.5. The molecule has 160 valence electrons. The van der Waals surface area contributed by atoms with E-state index >= 15 is 0 Å². The molecule has 3 rings (SSSR count). The summed E-state index contributed by atoms with van der Waals surface area (Å²) in [5.74, 6) is 0.495. The SMILES string of the molecule is CCC(NC(=O)c1cc(Cc2ccc(OC)cc2)c2ccn(C)c2n1)C(O)COC. The number of carbonyl (C=O) groups is 1. The van der Waals surface area contributed by atoms with Crippen molar-refractivity contribution in [1.82, 2.24) is 14.9 Å². The van der Waals surface area contributed by atoms with Crippen molar-refractivity contribution in [1.29, 1.82) is 0 Å². The third-order valence-corrected chi connectivity index (χ3v) is 5.27. The summed E-state index contributed by atoms with van der Waals surface area (Å²) in [6.45, 7) is 2.07. The predicted octanol–water partition coefficient (Wildman–Crippen LogP) is 2.69. The molecule has 0 aliphatic rings. The number of aliphatic hydroxyl groups is 1. The number of aromatic nitrogens is 2. The highest BCUT2D eigenvalue weighted by Gasteiger charge is 2.22. The van der Waals surface area contributed by atoms with Crippen molar-refractivity contribution in [3.05, 3.63) is 59.4 Å². The van der Waals surface area contributed by atoms with Gasteiger partial charge in [-0.1, -0.05) is 19.1 Å². The number of amides is 1. The lowest BCUT2D eigenvalue weighted by Crippen LogP contribution is -2.45. The van der Waals surface area contributed by atoms with Gasteiger partial charge in [0.05, 0.1) is 25.9 Å². The Morgan fingerprint density at radius 1 is 1.23 bits per heavy atom. The van der Waals surface area contributed by atoms with E-state index in [0.717, 1.165) is 27.9 Å². The smallest absolute Gasteiger partial charge is 0.270 e. The molecule has 2 heterocycles. The minimum absolute atomic E-state index is 0.159. The second kappa shape index (κ2) is 9.73. The van der Waals surface area contributed by atoms with Gasteiger partial charge in [-0.2, -0.15) is 0 Å². The number of rotatable bonds is 9. The van der Waals surface area contributed by atoms with E-state index < -0.39 is 12.1 Å². The summed E-state index contributed by atoms with van der Waals surface area (Å²) in [6.07, 6.45) is 2.41. The second-order valence-corrected chi connectivity index (χ2v) is 7.37. The second-order valence-electron chi connectivity index (χ2n) is 7.37. The summed E-state index contributed by atoms with van der Waals surface area (Å²) in [5.41, 5.74) is 3.20. The Morgan fingerprint density at radius 2 is 1.97 bits per heavy atom. The number of ether oxygens (including phenoxy) is 2. The van der Waals surface area contributed by atoms with Gasteiger partial charge in [-0.3, -0.25) is 4.79 Å². The molecule has 7 heteroatoms. The third kappa shape index (κ3) is 4.80. The molecular weight excluding hydrogens is 382 g/mol. The lowest BCUT2D eigenvalue weighted by Gasteiger charge is -2.22. The normalized spacial score (nSPS) is 13.2. The fourth-order valence-corrected chi connectivity index (χ4v) is 3.53. The monoisotopic (exact) mass is 411 g/mol. The first-order chi connectivity index (χ1) is 14.5. The van der Waals surface area contributed by atoms with Gasteiger partial charge in [0.1, 0.15) is 17.1 Å². The maximum Gasteiger partial charge on any atom is 0.270 e. The van der Waals surface area contributed by atoms with Gasteiger partial charge in [-0.05, 0) is 48.2 Å². The van der Waals surface area contributed by atoms with Gasteiger partial charge in [0.25, 0.3) is 5.91 Å². The first kappa shape index (κ1) is 21.8. The van der Waals surface area contributed by atoms with E-state index in [4.69, 9.17) is 9.47 Å². The summed E-state index contributed by atoms with van der Waals surface area (Å²) >= 11 is 0. The van der Waals surface area contributed by atoms with E-state index in [-0.39, 0.29) is 12.5 Å². The van der Waals surface area contributed by atoms with E-state index in [2.05, 4.69) is 10.3 Å². The van der Waals surface area contributed by atoms with Crippen LogP contribution in [0, 0.1) is 0 Å². The van der Waals surface area contributed by atoms with Crippen molar-refractivity contribution in [2.24, 2.45) is 7.05 Å². The molecular formula is C23H29N3O4. The fourth-order valence-electron chi connectivity index (χ4n) is 3.53. The van der Waals surface area contributed by atoms with Crippen LogP contribution in [0.15, 0.2) is 42.6 Å². The minimum Gasteiger partial charge on any atom is -0.497 e. The van der Waals surface area contributed by atoms with Crippen molar-refractivity contribution >= 4 is 16.9 Å². The lowest BCUT2D eigenvalue weighted by molar-refractivity contribution is 0.0361. The van der Waals surface area contributed by atoms with Gasteiger partial charge >= 0.3 is 0 Å². The van der Waals surface area contributed by atoms with Crippen molar-refractivity contribution < 1.29 is 19.4 Å². The zero-order chi connectivity index (χ0) is 21.7. The first-order valence-corrected chi connectivity index (χ1v) is 10.0. The summed E-state index contributed by atoms with van der Waals surface area (Å²) in [6, 6.07) is 11.3. The van der Waals surface area contributed by atoms with Crippen LogP contribution in [0.25, 0.3) is 11.0 Å².